The maximum atomic E-state index is 16.9. The molecule has 2 N–H and O–H groups in total. The fourth-order valence-corrected chi connectivity index (χ4v) is 8.27. The molecule has 5 fully saturated rings. The van der Waals surface area contributed by atoms with Crippen molar-refractivity contribution in [3.05, 3.63) is 53.3 Å². The molecule has 4 bridgehead atoms. The largest absolute Gasteiger partial charge is 0.508 e. The van der Waals surface area contributed by atoms with Crippen molar-refractivity contribution in [1.29, 1.82) is 0 Å². The number of phenolic OH excluding ortho intramolecular Hbond substituents is 1. The Morgan fingerprint density at radius 3 is 2.70 bits per heavy atom. The molecule has 0 aliphatic carbocycles. The minimum Gasteiger partial charge on any atom is -0.508 e. The number of anilines is 1. The molecule has 0 amide bonds. The number of morpholine rings is 1. The summed E-state index contributed by atoms with van der Waals surface area (Å²) in [4.78, 5) is 13.8. The second-order valence-electron chi connectivity index (χ2n) is 13.6. The zero-order valence-electron chi connectivity index (χ0n) is 25.8. The van der Waals surface area contributed by atoms with Gasteiger partial charge in [-0.2, -0.15) is 9.97 Å². The summed E-state index contributed by atoms with van der Waals surface area (Å²) in [6.07, 6.45) is 5.11. The average molecular weight is 650 g/mol. The van der Waals surface area contributed by atoms with Crippen LogP contribution in [0, 0.1) is 5.82 Å². The number of alkyl halides is 1. The van der Waals surface area contributed by atoms with Crippen molar-refractivity contribution in [3.63, 3.8) is 0 Å². The second kappa shape index (κ2) is 11.7. The minimum absolute atomic E-state index is 0.000639. The zero-order chi connectivity index (χ0) is 31.6. The fraction of sp³-hybridized carbons (Fsp3) is 0.486. The lowest BCUT2D eigenvalue weighted by molar-refractivity contribution is -0.0458. The Hall–Kier alpha value is -3.31. The number of halogens is 3. The van der Waals surface area contributed by atoms with E-state index in [2.05, 4.69) is 20.1 Å². The minimum atomic E-state index is -1.69. The van der Waals surface area contributed by atoms with Gasteiger partial charge in [-0.25, -0.2) is 8.78 Å². The number of piperazine rings is 1. The van der Waals surface area contributed by atoms with E-state index in [9.17, 15) is 5.11 Å². The topological polar surface area (TPSA) is 83.0 Å². The van der Waals surface area contributed by atoms with Crippen LogP contribution in [-0.4, -0.2) is 89.3 Å². The normalized spacial score (nSPS) is 26.0. The van der Waals surface area contributed by atoms with E-state index in [1.807, 2.05) is 24.3 Å². The Labute approximate surface area is 271 Å². The molecular formula is C35H38ClF2N5O3. The molecule has 5 unspecified atom stereocenters. The molecule has 4 aromatic rings. The summed E-state index contributed by atoms with van der Waals surface area (Å²) in [5.74, 6) is -0.100. The standard InChI is InChI=1S/C35H38ClF2N5O3/c1-35(38,18-43-23-9-10-24(43)17-45-16-23)19-46-34-40-32-28(33(41-34)42-15-21-6-4-7-22(42)14-39-21)13-29(36)30(31(32)37)27-12-25(44)11-20-5-2-3-8-26(20)27/h2-3,5,8,11-13,21-24,39,44H,4,6-7,9-10,14-19H2,1H3. The first-order valence-electron chi connectivity index (χ1n) is 16.3. The molecule has 11 heteroatoms. The number of phenols is 1. The van der Waals surface area contributed by atoms with Crippen LogP contribution < -0.4 is 15.0 Å². The summed E-state index contributed by atoms with van der Waals surface area (Å²) in [7, 11) is 0. The third-order valence-electron chi connectivity index (χ3n) is 10.2. The molecule has 3 aromatic carbocycles. The molecule has 5 aliphatic heterocycles. The van der Waals surface area contributed by atoms with Crippen molar-refractivity contribution < 1.29 is 23.4 Å². The average Bonchev–Trinajstić information content (AvgIpc) is 3.29. The third-order valence-corrected chi connectivity index (χ3v) is 10.5. The van der Waals surface area contributed by atoms with E-state index < -0.39 is 11.5 Å². The van der Waals surface area contributed by atoms with Crippen molar-refractivity contribution in [3.8, 4) is 22.9 Å². The van der Waals surface area contributed by atoms with Crippen molar-refractivity contribution in [2.24, 2.45) is 0 Å². The SMILES string of the molecule is CC(F)(COc1nc(N2CC3CCCC2CN3)c2cc(Cl)c(-c3cc(O)cc4ccccc34)c(F)c2n1)CN1C2CCC1COC2. The molecule has 9 rings (SSSR count). The van der Waals surface area contributed by atoms with E-state index in [1.54, 1.807) is 12.1 Å². The molecule has 1 aromatic heterocycles. The summed E-state index contributed by atoms with van der Waals surface area (Å²) >= 11 is 6.90. The summed E-state index contributed by atoms with van der Waals surface area (Å²) in [5.41, 5.74) is -1.05. The van der Waals surface area contributed by atoms with Crippen LogP contribution in [0.3, 0.4) is 0 Å². The fourth-order valence-electron chi connectivity index (χ4n) is 7.98. The van der Waals surface area contributed by atoms with E-state index in [-0.39, 0.29) is 65.2 Å². The number of fused-ring (bicyclic) bond motifs is 8. The zero-order valence-corrected chi connectivity index (χ0v) is 26.6. The van der Waals surface area contributed by atoms with Gasteiger partial charge in [0.25, 0.3) is 0 Å². The second-order valence-corrected chi connectivity index (χ2v) is 14.0. The molecule has 0 radical (unpaired) electrons. The number of rotatable bonds is 7. The first kappa shape index (κ1) is 30.1. The maximum absolute atomic E-state index is 16.9. The van der Waals surface area contributed by atoms with Crippen LogP contribution in [0.1, 0.15) is 39.0 Å². The third kappa shape index (κ3) is 5.43. The molecule has 0 saturated carbocycles. The van der Waals surface area contributed by atoms with Gasteiger partial charge in [-0.1, -0.05) is 35.9 Å². The van der Waals surface area contributed by atoms with E-state index >= 15 is 8.78 Å². The number of ether oxygens (including phenoxy) is 2. The van der Waals surface area contributed by atoms with Crippen molar-refractivity contribution in [2.75, 3.05) is 44.4 Å². The maximum Gasteiger partial charge on any atom is 0.319 e. The highest BCUT2D eigenvalue weighted by Crippen LogP contribution is 2.43. The monoisotopic (exact) mass is 649 g/mol. The Balaban J connectivity index is 1.21. The first-order valence-corrected chi connectivity index (χ1v) is 16.7. The lowest BCUT2D eigenvalue weighted by Crippen LogP contribution is -2.54. The van der Waals surface area contributed by atoms with Crippen LogP contribution in [-0.2, 0) is 4.74 Å². The first-order chi connectivity index (χ1) is 22.2. The smallest absolute Gasteiger partial charge is 0.319 e. The predicted octanol–water partition coefficient (Wildman–Crippen LogP) is 6.25. The number of nitrogens with one attached hydrogen (secondary N) is 1. The molecule has 5 saturated heterocycles. The predicted molar refractivity (Wildman–Crippen MR) is 175 cm³/mol. The Bertz CT molecular complexity index is 1790. The Morgan fingerprint density at radius 1 is 1.07 bits per heavy atom. The molecule has 46 heavy (non-hydrogen) atoms. The van der Waals surface area contributed by atoms with Gasteiger partial charge in [0, 0.05) is 54.8 Å². The van der Waals surface area contributed by atoms with E-state index in [0.29, 0.717) is 36.5 Å². The lowest BCUT2D eigenvalue weighted by Gasteiger charge is -2.39. The summed E-state index contributed by atoms with van der Waals surface area (Å²) < 4.78 is 44.7. The van der Waals surface area contributed by atoms with Crippen LogP contribution in [0.2, 0.25) is 5.02 Å². The highest BCUT2D eigenvalue weighted by Gasteiger charge is 2.42. The Morgan fingerprint density at radius 2 is 1.87 bits per heavy atom. The number of aromatic nitrogens is 2. The van der Waals surface area contributed by atoms with Crippen molar-refractivity contribution in [1.82, 2.24) is 20.2 Å². The van der Waals surface area contributed by atoms with Crippen LogP contribution in [0.15, 0.2) is 42.5 Å². The van der Waals surface area contributed by atoms with Crippen LogP contribution in [0.4, 0.5) is 14.6 Å². The number of hydrogen-bond acceptors (Lipinski definition) is 8. The summed E-state index contributed by atoms with van der Waals surface area (Å²) in [5, 5.41) is 16.3. The van der Waals surface area contributed by atoms with Gasteiger partial charge in [-0.05, 0) is 73.6 Å². The van der Waals surface area contributed by atoms with Gasteiger partial charge in [0.2, 0.25) is 0 Å². The van der Waals surface area contributed by atoms with E-state index in [0.717, 1.165) is 49.4 Å². The van der Waals surface area contributed by atoms with Gasteiger partial charge < -0.3 is 24.8 Å². The molecule has 5 aliphatic rings. The van der Waals surface area contributed by atoms with Gasteiger partial charge in [-0.3, -0.25) is 4.90 Å². The van der Waals surface area contributed by atoms with Crippen LogP contribution in [0.25, 0.3) is 32.8 Å². The quantitative estimate of drug-likeness (QED) is 0.243. The highest BCUT2D eigenvalue weighted by molar-refractivity contribution is 6.35. The lowest BCUT2D eigenvalue weighted by atomic mass is 9.96. The van der Waals surface area contributed by atoms with Gasteiger partial charge >= 0.3 is 6.01 Å². The number of benzene rings is 3. The van der Waals surface area contributed by atoms with Gasteiger partial charge in [-0.15, -0.1) is 0 Å². The molecule has 5 atom stereocenters. The molecular weight excluding hydrogens is 612 g/mol. The molecule has 8 nitrogen and oxygen atoms in total. The van der Waals surface area contributed by atoms with Gasteiger partial charge in [0.05, 0.1) is 18.2 Å². The van der Waals surface area contributed by atoms with E-state index in [1.165, 1.54) is 13.0 Å². The summed E-state index contributed by atoms with van der Waals surface area (Å²) in [6.45, 7) is 4.21. The molecule has 242 valence electrons. The highest BCUT2D eigenvalue weighted by atomic mass is 35.5. The van der Waals surface area contributed by atoms with Crippen molar-refractivity contribution in [2.45, 2.75) is 68.9 Å². The molecule has 0 spiro atoms. The number of aromatic hydroxyl groups is 1. The Kier molecular flexibility index (Phi) is 7.67. The van der Waals surface area contributed by atoms with Crippen LogP contribution >= 0.6 is 11.6 Å². The number of hydrogen-bond donors (Lipinski definition) is 2. The van der Waals surface area contributed by atoms with E-state index in [4.69, 9.17) is 26.1 Å². The number of nitrogens with zero attached hydrogens (tertiary/aromatic N) is 4. The van der Waals surface area contributed by atoms with Gasteiger partial charge in [0.1, 0.15) is 23.7 Å². The summed E-state index contributed by atoms with van der Waals surface area (Å²) in [6, 6.07) is 13.1. The van der Waals surface area contributed by atoms with Gasteiger partial charge in [0.15, 0.2) is 11.5 Å². The van der Waals surface area contributed by atoms with Crippen LogP contribution in [0.5, 0.6) is 11.8 Å². The van der Waals surface area contributed by atoms with Crippen molar-refractivity contribution >= 4 is 39.1 Å². The molecule has 6 heterocycles.